The zero-order valence-electron chi connectivity index (χ0n) is 10.5. The Bertz CT molecular complexity index is 397. The fourth-order valence-corrected chi connectivity index (χ4v) is 1.33. The standard InChI is InChI=1S/C11H16N2O5/c1-15-8-4-7(18-6-10(14)13-12)5-9(16-2)11(8)17-3/h4-5H,6,12H2,1-3H3,(H,13,14). The van der Waals surface area contributed by atoms with Crippen LogP contribution >= 0.6 is 0 Å². The summed E-state index contributed by atoms with van der Waals surface area (Å²) in [7, 11) is 4.49. The first-order chi connectivity index (χ1) is 8.65. The van der Waals surface area contributed by atoms with Gasteiger partial charge in [-0.25, -0.2) is 5.84 Å². The number of rotatable bonds is 6. The lowest BCUT2D eigenvalue weighted by atomic mass is 10.2. The van der Waals surface area contributed by atoms with E-state index < -0.39 is 5.91 Å². The Morgan fingerprint density at radius 2 is 1.72 bits per heavy atom. The molecule has 0 bridgehead atoms. The summed E-state index contributed by atoms with van der Waals surface area (Å²) in [5.74, 6) is 6.26. The predicted molar refractivity (Wildman–Crippen MR) is 63.9 cm³/mol. The van der Waals surface area contributed by atoms with Crippen LogP contribution in [0.2, 0.25) is 0 Å². The first-order valence-electron chi connectivity index (χ1n) is 5.08. The van der Waals surface area contributed by atoms with Crippen LogP contribution in [0.1, 0.15) is 0 Å². The van der Waals surface area contributed by atoms with E-state index in [9.17, 15) is 4.79 Å². The average molecular weight is 256 g/mol. The first-order valence-corrected chi connectivity index (χ1v) is 5.08. The summed E-state index contributed by atoms with van der Waals surface area (Å²) >= 11 is 0. The molecule has 1 amide bonds. The van der Waals surface area contributed by atoms with Gasteiger partial charge in [-0.2, -0.15) is 0 Å². The summed E-state index contributed by atoms with van der Waals surface area (Å²) in [5, 5.41) is 0. The molecule has 0 radical (unpaired) electrons. The summed E-state index contributed by atoms with van der Waals surface area (Å²) in [4.78, 5) is 11.0. The van der Waals surface area contributed by atoms with Crippen molar-refractivity contribution in [1.29, 1.82) is 0 Å². The number of ether oxygens (including phenoxy) is 4. The minimum absolute atomic E-state index is 0.199. The zero-order chi connectivity index (χ0) is 13.5. The van der Waals surface area contributed by atoms with Crippen LogP contribution in [0.15, 0.2) is 12.1 Å². The summed E-state index contributed by atoms with van der Waals surface area (Å²) < 4.78 is 20.7. The number of methoxy groups -OCH3 is 3. The van der Waals surface area contributed by atoms with E-state index in [4.69, 9.17) is 24.8 Å². The largest absolute Gasteiger partial charge is 0.493 e. The van der Waals surface area contributed by atoms with E-state index in [1.165, 1.54) is 21.3 Å². The molecule has 0 aliphatic carbocycles. The van der Waals surface area contributed by atoms with Gasteiger partial charge < -0.3 is 18.9 Å². The summed E-state index contributed by atoms with van der Waals surface area (Å²) in [6, 6.07) is 3.18. The molecule has 0 aromatic heterocycles. The molecular weight excluding hydrogens is 240 g/mol. The Morgan fingerprint density at radius 1 is 1.17 bits per heavy atom. The van der Waals surface area contributed by atoms with Crippen LogP contribution in [0.5, 0.6) is 23.0 Å². The molecule has 100 valence electrons. The third kappa shape index (κ3) is 3.17. The molecular formula is C11H16N2O5. The highest BCUT2D eigenvalue weighted by molar-refractivity contribution is 5.76. The van der Waals surface area contributed by atoms with Crippen molar-refractivity contribution in [2.24, 2.45) is 5.84 Å². The second kappa shape index (κ2) is 6.55. The van der Waals surface area contributed by atoms with E-state index in [-0.39, 0.29) is 6.61 Å². The molecule has 0 spiro atoms. The molecule has 0 fully saturated rings. The monoisotopic (exact) mass is 256 g/mol. The van der Waals surface area contributed by atoms with Crippen LogP contribution in [0, 0.1) is 0 Å². The van der Waals surface area contributed by atoms with E-state index in [0.29, 0.717) is 23.0 Å². The molecule has 0 heterocycles. The number of carbonyl (C=O) groups is 1. The van der Waals surface area contributed by atoms with Gasteiger partial charge in [-0.1, -0.05) is 0 Å². The van der Waals surface area contributed by atoms with Gasteiger partial charge in [-0.15, -0.1) is 0 Å². The topological polar surface area (TPSA) is 92.0 Å². The molecule has 0 saturated heterocycles. The zero-order valence-corrected chi connectivity index (χ0v) is 10.5. The Balaban J connectivity index is 2.96. The average Bonchev–Trinajstić information content (AvgIpc) is 2.43. The van der Waals surface area contributed by atoms with Crippen molar-refractivity contribution < 1.29 is 23.7 Å². The van der Waals surface area contributed by atoms with E-state index in [1.807, 2.05) is 5.43 Å². The van der Waals surface area contributed by atoms with Crippen molar-refractivity contribution in [3.8, 4) is 23.0 Å². The second-order valence-electron chi connectivity index (χ2n) is 3.22. The normalized spacial score (nSPS) is 9.56. The van der Waals surface area contributed by atoms with Gasteiger partial charge in [0.05, 0.1) is 21.3 Å². The molecule has 0 unspecified atom stereocenters. The summed E-state index contributed by atoms with van der Waals surface area (Å²) in [5.41, 5.74) is 1.96. The molecule has 0 saturated carbocycles. The maximum Gasteiger partial charge on any atom is 0.271 e. The fourth-order valence-electron chi connectivity index (χ4n) is 1.33. The van der Waals surface area contributed by atoms with E-state index in [0.717, 1.165) is 0 Å². The third-order valence-corrected chi connectivity index (χ3v) is 2.17. The highest BCUT2D eigenvalue weighted by Crippen LogP contribution is 2.40. The van der Waals surface area contributed by atoms with Gasteiger partial charge in [0.25, 0.3) is 5.91 Å². The number of carbonyl (C=O) groups excluding carboxylic acids is 1. The minimum atomic E-state index is -0.441. The smallest absolute Gasteiger partial charge is 0.271 e. The number of benzene rings is 1. The van der Waals surface area contributed by atoms with Gasteiger partial charge >= 0.3 is 0 Å². The van der Waals surface area contributed by atoms with Crippen LogP contribution in [0.25, 0.3) is 0 Å². The molecule has 18 heavy (non-hydrogen) atoms. The van der Waals surface area contributed by atoms with Gasteiger partial charge in [0.2, 0.25) is 5.75 Å². The lowest BCUT2D eigenvalue weighted by Crippen LogP contribution is -2.34. The number of hydrazine groups is 1. The molecule has 7 nitrogen and oxygen atoms in total. The van der Waals surface area contributed by atoms with Crippen molar-refractivity contribution in [3.63, 3.8) is 0 Å². The van der Waals surface area contributed by atoms with E-state index in [1.54, 1.807) is 12.1 Å². The minimum Gasteiger partial charge on any atom is -0.493 e. The third-order valence-electron chi connectivity index (χ3n) is 2.17. The van der Waals surface area contributed by atoms with Crippen molar-refractivity contribution in [2.45, 2.75) is 0 Å². The Hall–Kier alpha value is -2.15. The quantitative estimate of drug-likeness (QED) is 0.425. The lowest BCUT2D eigenvalue weighted by molar-refractivity contribution is -0.123. The van der Waals surface area contributed by atoms with Crippen LogP contribution in [0.4, 0.5) is 0 Å². The highest BCUT2D eigenvalue weighted by Gasteiger charge is 2.14. The molecule has 3 N–H and O–H groups in total. The van der Waals surface area contributed by atoms with Crippen molar-refractivity contribution in [2.75, 3.05) is 27.9 Å². The summed E-state index contributed by atoms with van der Waals surface area (Å²) in [6.45, 7) is -0.199. The highest BCUT2D eigenvalue weighted by atomic mass is 16.5. The number of hydrogen-bond acceptors (Lipinski definition) is 6. The maximum absolute atomic E-state index is 11.0. The Morgan fingerprint density at radius 3 is 2.11 bits per heavy atom. The van der Waals surface area contributed by atoms with E-state index in [2.05, 4.69) is 0 Å². The van der Waals surface area contributed by atoms with Crippen molar-refractivity contribution in [3.05, 3.63) is 12.1 Å². The van der Waals surface area contributed by atoms with Crippen molar-refractivity contribution >= 4 is 5.91 Å². The van der Waals surface area contributed by atoms with Gasteiger partial charge in [0.1, 0.15) is 5.75 Å². The van der Waals surface area contributed by atoms with Crippen LogP contribution < -0.4 is 30.2 Å². The number of nitrogens with two attached hydrogens (primary N) is 1. The number of nitrogens with one attached hydrogen (secondary N) is 1. The molecule has 1 aromatic carbocycles. The SMILES string of the molecule is COc1cc(OCC(=O)NN)cc(OC)c1OC. The van der Waals surface area contributed by atoms with Crippen LogP contribution in [0.3, 0.4) is 0 Å². The van der Waals surface area contributed by atoms with Gasteiger partial charge in [0, 0.05) is 12.1 Å². The van der Waals surface area contributed by atoms with Crippen LogP contribution in [-0.2, 0) is 4.79 Å². The molecule has 1 rings (SSSR count). The molecule has 1 aromatic rings. The van der Waals surface area contributed by atoms with Crippen molar-refractivity contribution in [1.82, 2.24) is 5.43 Å². The van der Waals surface area contributed by atoms with E-state index >= 15 is 0 Å². The Labute approximate surface area is 105 Å². The van der Waals surface area contributed by atoms with Gasteiger partial charge in [-0.05, 0) is 0 Å². The second-order valence-corrected chi connectivity index (χ2v) is 3.22. The fraction of sp³-hybridized carbons (Fsp3) is 0.364. The molecule has 7 heteroatoms. The summed E-state index contributed by atoms with van der Waals surface area (Å²) in [6.07, 6.45) is 0. The van der Waals surface area contributed by atoms with Crippen LogP contribution in [-0.4, -0.2) is 33.8 Å². The Kier molecular flexibility index (Phi) is 5.06. The lowest BCUT2D eigenvalue weighted by Gasteiger charge is -2.14. The molecule has 0 aliphatic rings. The predicted octanol–water partition coefficient (Wildman–Crippen LogP) is 0.0811. The first kappa shape index (κ1) is 13.9. The molecule has 0 aliphatic heterocycles. The van der Waals surface area contributed by atoms with Gasteiger partial charge in [0.15, 0.2) is 18.1 Å². The van der Waals surface area contributed by atoms with Gasteiger partial charge in [-0.3, -0.25) is 10.2 Å². The number of hydrogen-bond donors (Lipinski definition) is 2. The maximum atomic E-state index is 11.0. The molecule has 0 atom stereocenters. The number of amides is 1.